The van der Waals surface area contributed by atoms with Gasteiger partial charge in [-0.2, -0.15) is 5.26 Å². The Hall–Kier alpha value is -3.06. The van der Waals surface area contributed by atoms with Crippen molar-refractivity contribution in [3.05, 3.63) is 65.2 Å². The van der Waals surface area contributed by atoms with E-state index in [0.29, 0.717) is 17.0 Å². The van der Waals surface area contributed by atoms with Crippen LogP contribution in [0.25, 0.3) is 6.08 Å². The molecule has 1 amide bonds. The molecule has 2 rings (SSSR count). The summed E-state index contributed by atoms with van der Waals surface area (Å²) in [6.45, 7) is 5.82. The Labute approximate surface area is 142 Å². The Kier molecular flexibility index (Phi) is 5.75. The van der Waals surface area contributed by atoms with E-state index >= 15 is 0 Å². The van der Waals surface area contributed by atoms with E-state index in [1.165, 1.54) is 0 Å². The molecule has 4 heteroatoms. The molecule has 0 spiro atoms. The van der Waals surface area contributed by atoms with Crippen molar-refractivity contribution in [1.29, 1.82) is 5.26 Å². The molecule has 0 bridgehead atoms. The van der Waals surface area contributed by atoms with Crippen molar-refractivity contribution < 1.29 is 9.53 Å². The fraction of sp³-hybridized carbons (Fsp3) is 0.200. The first-order valence-electron chi connectivity index (χ1n) is 7.75. The van der Waals surface area contributed by atoms with E-state index in [4.69, 9.17) is 4.74 Å². The minimum Gasteiger partial charge on any atom is -0.490 e. The molecule has 2 aromatic carbocycles. The van der Waals surface area contributed by atoms with Crippen LogP contribution in [0, 0.1) is 18.3 Å². The summed E-state index contributed by atoms with van der Waals surface area (Å²) in [4.78, 5) is 12.3. The molecular weight excluding hydrogens is 300 g/mol. The molecule has 0 aromatic heterocycles. The Morgan fingerprint density at radius 1 is 1.17 bits per heavy atom. The summed E-state index contributed by atoms with van der Waals surface area (Å²) in [5, 5.41) is 12.1. The quantitative estimate of drug-likeness (QED) is 0.659. The van der Waals surface area contributed by atoms with Crippen molar-refractivity contribution in [2.75, 3.05) is 5.32 Å². The van der Waals surface area contributed by atoms with Crippen LogP contribution >= 0.6 is 0 Å². The van der Waals surface area contributed by atoms with Gasteiger partial charge >= 0.3 is 0 Å². The van der Waals surface area contributed by atoms with Gasteiger partial charge in [-0.15, -0.1) is 0 Å². The fourth-order valence-electron chi connectivity index (χ4n) is 2.10. The largest absolute Gasteiger partial charge is 0.490 e. The molecule has 1 N–H and O–H groups in total. The number of carbonyl (C=O) groups excluding carboxylic acids is 1. The molecular formula is C20H20N2O2. The number of aryl methyl sites for hydroxylation is 1. The van der Waals surface area contributed by atoms with E-state index in [1.54, 1.807) is 18.2 Å². The number of hydrogen-bond acceptors (Lipinski definition) is 3. The predicted octanol–water partition coefficient (Wildman–Crippen LogP) is 4.33. The first-order valence-corrected chi connectivity index (χ1v) is 7.75. The van der Waals surface area contributed by atoms with Crippen molar-refractivity contribution in [3.63, 3.8) is 0 Å². The molecule has 2 aromatic rings. The van der Waals surface area contributed by atoms with E-state index in [-0.39, 0.29) is 11.7 Å². The van der Waals surface area contributed by atoms with Crippen LogP contribution in [-0.4, -0.2) is 12.0 Å². The Morgan fingerprint density at radius 3 is 2.46 bits per heavy atom. The van der Waals surface area contributed by atoms with E-state index in [1.807, 2.05) is 63.2 Å². The topological polar surface area (TPSA) is 62.1 Å². The van der Waals surface area contributed by atoms with Gasteiger partial charge in [0.05, 0.1) is 6.10 Å². The maximum atomic E-state index is 12.3. The number of nitrogens with one attached hydrogen (secondary N) is 1. The summed E-state index contributed by atoms with van der Waals surface area (Å²) in [7, 11) is 0. The first kappa shape index (κ1) is 17.3. The summed E-state index contributed by atoms with van der Waals surface area (Å²) in [5.41, 5.74) is 2.47. The average molecular weight is 320 g/mol. The Bertz CT molecular complexity index is 784. The zero-order valence-corrected chi connectivity index (χ0v) is 14.0. The van der Waals surface area contributed by atoms with Crippen LogP contribution in [0.5, 0.6) is 5.75 Å². The summed E-state index contributed by atoms with van der Waals surface area (Å²) < 4.78 is 5.72. The summed E-state index contributed by atoms with van der Waals surface area (Å²) in [6, 6.07) is 16.7. The third kappa shape index (κ3) is 4.72. The molecule has 0 heterocycles. The lowest BCUT2D eigenvalue weighted by Crippen LogP contribution is -2.13. The number of nitriles is 1. The number of ether oxygens (including phenoxy) is 1. The Balaban J connectivity index is 2.24. The number of hydrogen-bond donors (Lipinski definition) is 1. The van der Waals surface area contributed by atoms with Gasteiger partial charge in [-0.3, -0.25) is 4.79 Å². The lowest BCUT2D eigenvalue weighted by atomic mass is 10.1. The van der Waals surface area contributed by atoms with E-state index in [0.717, 1.165) is 5.56 Å². The second-order valence-corrected chi connectivity index (χ2v) is 5.69. The van der Waals surface area contributed by atoms with Crippen LogP contribution in [0.1, 0.15) is 25.0 Å². The molecule has 0 aliphatic heterocycles. The highest BCUT2D eigenvalue weighted by molar-refractivity contribution is 6.09. The van der Waals surface area contributed by atoms with Gasteiger partial charge in [0, 0.05) is 11.3 Å². The maximum Gasteiger partial charge on any atom is 0.266 e. The van der Waals surface area contributed by atoms with Gasteiger partial charge in [-0.1, -0.05) is 35.9 Å². The zero-order chi connectivity index (χ0) is 17.5. The average Bonchev–Trinajstić information content (AvgIpc) is 2.55. The minimum absolute atomic E-state index is 0.00599. The highest BCUT2D eigenvalue weighted by Crippen LogP contribution is 2.22. The van der Waals surface area contributed by atoms with E-state index in [9.17, 15) is 10.1 Å². The monoisotopic (exact) mass is 320 g/mol. The second-order valence-electron chi connectivity index (χ2n) is 5.69. The molecule has 0 atom stereocenters. The van der Waals surface area contributed by atoms with Crippen molar-refractivity contribution in [3.8, 4) is 11.8 Å². The molecule has 0 aliphatic rings. The lowest BCUT2D eigenvalue weighted by Gasteiger charge is -2.12. The number of anilines is 1. The Morgan fingerprint density at radius 2 is 1.83 bits per heavy atom. The fourth-order valence-corrected chi connectivity index (χ4v) is 2.10. The van der Waals surface area contributed by atoms with Gasteiger partial charge in [-0.05, 0) is 45.0 Å². The van der Waals surface area contributed by atoms with Crippen LogP contribution in [0.2, 0.25) is 0 Å². The molecule has 24 heavy (non-hydrogen) atoms. The third-order valence-corrected chi connectivity index (χ3v) is 3.26. The molecule has 0 saturated heterocycles. The highest BCUT2D eigenvalue weighted by Gasteiger charge is 2.11. The van der Waals surface area contributed by atoms with Gasteiger partial charge in [0.2, 0.25) is 0 Å². The number of carbonyl (C=O) groups is 1. The van der Waals surface area contributed by atoms with Gasteiger partial charge in [0.1, 0.15) is 17.4 Å². The molecule has 0 aliphatic carbocycles. The predicted molar refractivity (Wildman–Crippen MR) is 95.6 cm³/mol. The van der Waals surface area contributed by atoms with Crippen LogP contribution in [0.15, 0.2) is 54.1 Å². The van der Waals surface area contributed by atoms with Gasteiger partial charge in [0.15, 0.2) is 0 Å². The van der Waals surface area contributed by atoms with Crippen LogP contribution in [0.4, 0.5) is 5.69 Å². The van der Waals surface area contributed by atoms with E-state index in [2.05, 4.69) is 5.32 Å². The molecule has 0 unspecified atom stereocenters. The summed E-state index contributed by atoms with van der Waals surface area (Å²) >= 11 is 0. The minimum atomic E-state index is -0.444. The van der Waals surface area contributed by atoms with Crippen molar-refractivity contribution >= 4 is 17.7 Å². The third-order valence-electron chi connectivity index (χ3n) is 3.26. The van der Waals surface area contributed by atoms with Crippen molar-refractivity contribution in [2.45, 2.75) is 26.9 Å². The zero-order valence-electron chi connectivity index (χ0n) is 14.0. The lowest BCUT2D eigenvalue weighted by molar-refractivity contribution is -0.112. The summed E-state index contributed by atoms with van der Waals surface area (Å²) in [6.07, 6.45) is 1.55. The van der Waals surface area contributed by atoms with E-state index < -0.39 is 5.91 Å². The molecule has 122 valence electrons. The standard InChI is InChI=1S/C20H20N2O2/c1-14(2)24-19-7-5-4-6-16(19)12-17(13-21)20(23)22-18-10-8-15(3)9-11-18/h4-12,14H,1-3H3,(H,22,23)/b17-12+. The molecule has 0 fully saturated rings. The molecule has 4 nitrogen and oxygen atoms in total. The second kappa shape index (κ2) is 7.98. The van der Waals surface area contributed by atoms with Gasteiger partial charge < -0.3 is 10.1 Å². The first-order chi connectivity index (χ1) is 11.5. The normalized spacial score (nSPS) is 11.0. The number of amides is 1. The van der Waals surface area contributed by atoms with Gasteiger partial charge in [0.25, 0.3) is 5.91 Å². The van der Waals surface area contributed by atoms with Gasteiger partial charge in [-0.25, -0.2) is 0 Å². The number of nitrogens with zero attached hydrogens (tertiary/aromatic N) is 1. The summed E-state index contributed by atoms with van der Waals surface area (Å²) in [5.74, 6) is 0.198. The SMILES string of the molecule is Cc1ccc(NC(=O)/C(C#N)=C/c2ccccc2OC(C)C)cc1. The number of rotatable bonds is 5. The van der Waals surface area contributed by atoms with Crippen molar-refractivity contribution in [2.24, 2.45) is 0 Å². The van der Waals surface area contributed by atoms with Crippen LogP contribution in [-0.2, 0) is 4.79 Å². The maximum absolute atomic E-state index is 12.3. The van der Waals surface area contributed by atoms with Crippen LogP contribution in [0.3, 0.4) is 0 Å². The van der Waals surface area contributed by atoms with Crippen molar-refractivity contribution in [1.82, 2.24) is 0 Å². The smallest absolute Gasteiger partial charge is 0.266 e. The highest BCUT2D eigenvalue weighted by atomic mass is 16.5. The van der Waals surface area contributed by atoms with Crippen LogP contribution < -0.4 is 10.1 Å². The number of para-hydroxylation sites is 1. The molecule has 0 radical (unpaired) electrons. The number of benzene rings is 2. The molecule has 0 saturated carbocycles.